The Hall–Kier alpha value is -2.66. The van der Waals surface area contributed by atoms with Gasteiger partial charge in [0.05, 0.1) is 11.5 Å². The van der Waals surface area contributed by atoms with Crippen LogP contribution in [0.15, 0.2) is 23.1 Å². The first-order valence-electron chi connectivity index (χ1n) is 11.8. The highest BCUT2D eigenvalue weighted by atomic mass is 32.2. The molecular weight excluding hydrogens is 460 g/mol. The molecule has 2 saturated heterocycles. The van der Waals surface area contributed by atoms with Gasteiger partial charge >= 0.3 is 6.09 Å². The molecule has 3 aliphatic rings. The van der Waals surface area contributed by atoms with E-state index in [1.807, 2.05) is 6.92 Å². The Labute approximate surface area is 200 Å². The van der Waals surface area contributed by atoms with E-state index in [-0.39, 0.29) is 29.3 Å². The number of rotatable bonds is 4. The van der Waals surface area contributed by atoms with Crippen LogP contribution < -0.4 is 4.90 Å². The lowest BCUT2D eigenvalue weighted by Crippen LogP contribution is -2.55. The Morgan fingerprint density at radius 3 is 2.38 bits per heavy atom. The topological polar surface area (TPSA) is 108 Å². The van der Waals surface area contributed by atoms with Gasteiger partial charge in [0, 0.05) is 51.4 Å². The normalized spacial score (nSPS) is 23.2. The molecule has 3 aliphatic heterocycles. The molecule has 0 spiro atoms. The molecule has 2 atom stereocenters. The SMILES string of the molecule is CCOC(=O)N1CCN(C(=O)[C@H]2CCCN2S(=O)(=O)c2ccc3c(c2)C[C@@H](C)N3C(C)=O)CC1. The van der Waals surface area contributed by atoms with Gasteiger partial charge in [0.15, 0.2) is 0 Å². The molecule has 34 heavy (non-hydrogen) atoms. The molecule has 3 amide bonds. The lowest BCUT2D eigenvalue weighted by molar-refractivity contribution is -0.136. The standard InChI is InChI=1S/C23H32N4O6S/c1-4-33-23(30)25-12-10-24(11-13-25)22(29)21-6-5-9-26(21)34(31,32)19-7-8-20-18(15-19)14-16(2)27(20)17(3)28/h7-8,15-16,21H,4-6,9-14H2,1-3H3/t16-,21-/m1/s1. The summed E-state index contributed by atoms with van der Waals surface area (Å²) in [6.07, 6.45) is 1.27. The van der Waals surface area contributed by atoms with Crippen molar-refractivity contribution in [2.24, 2.45) is 0 Å². The summed E-state index contributed by atoms with van der Waals surface area (Å²) < 4.78 is 33.4. The summed E-state index contributed by atoms with van der Waals surface area (Å²) in [5.74, 6) is -0.294. The first kappa shape index (κ1) is 24.5. The number of piperazine rings is 1. The Kier molecular flexibility index (Phi) is 6.86. The highest BCUT2D eigenvalue weighted by molar-refractivity contribution is 7.89. The highest BCUT2D eigenvalue weighted by Gasteiger charge is 2.42. The predicted molar refractivity (Wildman–Crippen MR) is 125 cm³/mol. The summed E-state index contributed by atoms with van der Waals surface area (Å²) in [4.78, 5) is 42.2. The number of carbonyl (C=O) groups is 3. The third-order valence-electron chi connectivity index (χ3n) is 6.82. The van der Waals surface area contributed by atoms with Gasteiger partial charge in [-0.1, -0.05) is 0 Å². The van der Waals surface area contributed by atoms with Crippen molar-refractivity contribution in [1.29, 1.82) is 0 Å². The minimum atomic E-state index is -3.88. The van der Waals surface area contributed by atoms with Crippen molar-refractivity contribution >= 4 is 33.6 Å². The molecule has 0 unspecified atom stereocenters. The quantitative estimate of drug-likeness (QED) is 0.630. The molecule has 1 aromatic carbocycles. The van der Waals surface area contributed by atoms with Gasteiger partial charge in [-0.05, 0) is 56.9 Å². The van der Waals surface area contributed by atoms with Gasteiger partial charge in [0.25, 0.3) is 0 Å². The fourth-order valence-electron chi connectivity index (χ4n) is 5.19. The van der Waals surface area contributed by atoms with Gasteiger partial charge in [-0.2, -0.15) is 4.31 Å². The van der Waals surface area contributed by atoms with E-state index in [9.17, 15) is 22.8 Å². The van der Waals surface area contributed by atoms with Gasteiger partial charge in [0.2, 0.25) is 21.8 Å². The van der Waals surface area contributed by atoms with Gasteiger partial charge in [-0.3, -0.25) is 9.59 Å². The number of nitrogens with zero attached hydrogens (tertiary/aromatic N) is 4. The predicted octanol–water partition coefficient (Wildman–Crippen LogP) is 1.44. The van der Waals surface area contributed by atoms with Gasteiger partial charge < -0.3 is 19.4 Å². The van der Waals surface area contributed by atoms with Crippen LogP contribution in [-0.4, -0.2) is 91.8 Å². The number of benzene rings is 1. The van der Waals surface area contributed by atoms with E-state index >= 15 is 0 Å². The van der Waals surface area contributed by atoms with E-state index in [0.29, 0.717) is 52.0 Å². The molecule has 2 fully saturated rings. The van der Waals surface area contributed by atoms with Gasteiger partial charge in [0.1, 0.15) is 6.04 Å². The molecule has 0 aliphatic carbocycles. The van der Waals surface area contributed by atoms with E-state index in [0.717, 1.165) is 11.3 Å². The number of hydrogen-bond acceptors (Lipinski definition) is 6. The lowest BCUT2D eigenvalue weighted by atomic mass is 10.1. The van der Waals surface area contributed by atoms with Gasteiger partial charge in [-0.25, -0.2) is 13.2 Å². The Balaban J connectivity index is 1.49. The van der Waals surface area contributed by atoms with Crippen molar-refractivity contribution < 1.29 is 27.5 Å². The molecular formula is C23H32N4O6S. The summed E-state index contributed by atoms with van der Waals surface area (Å²) in [7, 11) is -3.88. The van der Waals surface area contributed by atoms with Crippen LogP contribution in [0.25, 0.3) is 0 Å². The van der Waals surface area contributed by atoms with Crippen LogP contribution >= 0.6 is 0 Å². The van der Waals surface area contributed by atoms with Crippen LogP contribution in [0.2, 0.25) is 0 Å². The Morgan fingerprint density at radius 2 is 1.74 bits per heavy atom. The molecule has 10 nitrogen and oxygen atoms in total. The Bertz CT molecular complexity index is 1080. The van der Waals surface area contributed by atoms with Crippen molar-refractivity contribution in [2.45, 2.75) is 57.0 Å². The molecule has 0 bridgehead atoms. The number of ether oxygens (including phenoxy) is 1. The van der Waals surface area contributed by atoms with Crippen LogP contribution in [0.5, 0.6) is 0 Å². The number of carbonyl (C=O) groups excluding carboxylic acids is 3. The fraction of sp³-hybridized carbons (Fsp3) is 0.609. The number of amides is 3. The highest BCUT2D eigenvalue weighted by Crippen LogP contribution is 2.36. The van der Waals surface area contributed by atoms with Crippen molar-refractivity contribution in [3.8, 4) is 0 Å². The number of fused-ring (bicyclic) bond motifs is 1. The third kappa shape index (κ3) is 4.38. The van der Waals surface area contributed by atoms with E-state index < -0.39 is 22.2 Å². The molecule has 0 N–H and O–H groups in total. The summed E-state index contributed by atoms with van der Waals surface area (Å²) in [6, 6.07) is 4.08. The fourth-order valence-corrected chi connectivity index (χ4v) is 6.89. The zero-order valence-electron chi connectivity index (χ0n) is 19.9. The minimum absolute atomic E-state index is 0.0279. The van der Waals surface area contributed by atoms with Crippen molar-refractivity contribution in [3.63, 3.8) is 0 Å². The number of sulfonamides is 1. The zero-order chi connectivity index (χ0) is 24.6. The second-order valence-electron chi connectivity index (χ2n) is 9.02. The molecule has 186 valence electrons. The first-order valence-corrected chi connectivity index (χ1v) is 13.2. The van der Waals surface area contributed by atoms with Crippen LogP contribution in [0.4, 0.5) is 10.5 Å². The van der Waals surface area contributed by atoms with Gasteiger partial charge in [-0.15, -0.1) is 0 Å². The summed E-state index contributed by atoms with van der Waals surface area (Å²) in [6.45, 7) is 7.18. The maximum absolute atomic E-state index is 13.5. The van der Waals surface area contributed by atoms with Crippen molar-refractivity contribution in [3.05, 3.63) is 23.8 Å². The average molecular weight is 493 g/mol. The van der Waals surface area contributed by atoms with Crippen molar-refractivity contribution in [1.82, 2.24) is 14.1 Å². The van der Waals surface area contributed by atoms with Crippen LogP contribution in [0.3, 0.4) is 0 Å². The maximum atomic E-state index is 13.5. The van der Waals surface area contributed by atoms with E-state index in [2.05, 4.69) is 0 Å². The summed E-state index contributed by atoms with van der Waals surface area (Å²) in [5.41, 5.74) is 1.56. The first-order chi connectivity index (χ1) is 16.1. The largest absolute Gasteiger partial charge is 0.450 e. The van der Waals surface area contributed by atoms with Crippen LogP contribution in [-0.2, 0) is 30.8 Å². The second-order valence-corrected chi connectivity index (χ2v) is 10.9. The molecule has 1 aromatic rings. The second kappa shape index (κ2) is 9.53. The van der Waals surface area contributed by atoms with E-state index in [4.69, 9.17) is 4.74 Å². The Morgan fingerprint density at radius 1 is 1.06 bits per heavy atom. The molecule has 3 heterocycles. The number of hydrogen-bond donors (Lipinski definition) is 0. The van der Waals surface area contributed by atoms with Crippen molar-refractivity contribution in [2.75, 3.05) is 44.2 Å². The number of anilines is 1. The maximum Gasteiger partial charge on any atom is 0.409 e. The van der Waals surface area contributed by atoms with E-state index in [1.54, 1.807) is 33.8 Å². The average Bonchev–Trinajstić information content (AvgIpc) is 3.42. The van der Waals surface area contributed by atoms with E-state index in [1.165, 1.54) is 17.3 Å². The molecule has 0 radical (unpaired) electrons. The van der Waals surface area contributed by atoms with Crippen LogP contribution in [0, 0.1) is 0 Å². The molecule has 4 rings (SSSR count). The summed E-state index contributed by atoms with van der Waals surface area (Å²) in [5, 5.41) is 0. The lowest BCUT2D eigenvalue weighted by Gasteiger charge is -2.36. The monoisotopic (exact) mass is 492 g/mol. The van der Waals surface area contributed by atoms with Crippen LogP contribution in [0.1, 0.15) is 39.2 Å². The summed E-state index contributed by atoms with van der Waals surface area (Å²) >= 11 is 0. The zero-order valence-corrected chi connectivity index (χ0v) is 20.7. The smallest absolute Gasteiger partial charge is 0.409 e. The minimum Gasteiger partial charge on any atom is -0.450 e. The molecule has 0 saturated carbocycles. The third-order valence-corrected chi connectivity index (χ3v) is 8.72. The molecule has 11 heteroatoms. The molecule has 0 aromatic heterocycles.